The zero-order chi connectivity index (χ0) is 23.1. The standard InChI is InChI=1S/C22H24N4O5S/c1-2-3-10-31-16-7-5-15(6-8-16)26-20(29)12-19(21(26)30)32-22(23)25-24-13-14-4-9-17(27)18(28)11-14/h4-9,11,13,19,27-28H,2-3,10,12H2,1H3,(H2,23,25). The van der Waals surface area contributed by atoms with E-state index in [9.17, 15) is 19.8 Å². The number of carbonyl (C=O) groups is 2. The number of benzene rings is 2. The van der Waals surface area contributed by atoms with Gasteiger partial charge < -0.3 is 20.7 Å². The highest BCUT2D eigenvalue weighted by Crippen LogP contribution is 2.31. The molecule has 0 bridgehead atoms. The molecule has 32 heavy (non-hydrogen) atoms. The van der Waals surface area contributed by atoms with E-state index in [2.05, 4.69) is 17.1 Å². The Morgan fingerprint density at radius 2 is 1.97 bits per heavy atom. The van der Waals surface area contributed by atoms with Crippen LogP contribution in [0.25, 0.3) is 0 Å². The second-order valence-corrected chi connectivity index (χ2v) is 8.23. The van der Waals surface area contributed by atoms with E-state index < -0.39 is 5.25 Å². The third-order valence-electron chi connectivity index (χ3n) is 4.59. The number of aromatic hydroxyl groups is 2. The first-order valence-corrected chi connectivity index (χ1v) is 10.9. The van der Waals surface area contributed by atoms with E-state index >= 15 is 0 Å². The number of hydrogen-bond acceptors (Lipinski definition) is 8. The molecule has 1 saturated heterocycles. The number of phenols is 2. The molecule has 168 valence electrons. The quantitative estimate of drug-likeness (QED) is 0.139. The number of phenolic OH excluding ortho intramolecular Hbond substituents is 2. The van der Waals surface area contributed by atoms with Crippen LogP contribution < -0.4 is 15.4 Å². The van der Waals surface area contributed by atoms with Gasteiger partial charge in [0.2, 0.25) is 11.8 Å². The lowest BCUT2D eigenvalue weighted by molar-refractivity contribution is -0.121. The van der Waals surface area contributed by atoms with Crippen LogP contribution in [0.15, 0.2) is 52.7 Å². The number of carbonyl (C=O) groups excluding carboxylic acids is 2. The number of unbranched alkanes of at least 4 members (excludes halogenated alkanes) is 1. The molecule has 4 N–H and O–H groups in total. The monoisotopic (exact) mass is 456 g/mol. The van der Waals surface area contributed by atoms with Crippen molar-refractivity contribution >= 4 is 40.6 Å². The fraction of sp³-hybridized carbons (Fsp3) is 0.273. The summed E-state index contributed by atoms with van der Waals surface area (Å²) in [6.07, 6.45) is 3.33. The molecule has 2 aromatic carbocycles. The summed E-state index contributed by atoms with van der Waals surface area (Å²) in [5.74, 6) is -0.527. The summed E-state index contributed by atoms with van der Waals surface area (Å²) in [7, 11) is 0. The number of nitrogens with two attached hydrogens (primary N) is 1. The molecule has 0 aromatic heterocycles. The minimum Gasteiger partial charge on any atom is -0.504 e. The van der Waals surface area contributed by atoms with Gasteiger partial charge in [-0.2, -0.15) is 5.10 Å². The number of amides is 2. The van der Waals surface area contributed by atoms with Gasteiger partial charge in [-0.25, -0.2) is 4.90 Å². The van der Waals surface area contributed by atoms with Crippen LogP contribution in [0.5, 0.6) is 17.2 Å². The average molecular weight is 457 g/mol. The summed E-state index contributed by atoms with van der Waals surface area (Å²) >= 11 is 0.963. The van der Waals surface area contributed by atoms with Crippen LogP contribution in [0.4, 0.5) is 5.69 Å². The molecule has 2 aromatic rings. The number of rotatable bonds is 8. The summed E-state index contributed by atoms with van der Waals surface area (Å²) in [6.45, 7) is 2.70. The van der Waals surface area contributed by atoms with E-state index in [0.717, 1.165) is 29.5 Å². The molecule has 0 radical (unpaired) electrons. The lowest BCUT2D eigenvalue weighted by Crippen LogP contribution is -2.31. The van der Waals surface area contributed by atoms with Gasteiger partial charge in [0.25, 0.3) is 0 Å². The van der Waals surface area contributed by atoms with Gasteiger partial charge in [-0.1, -0.05) is 25.1 Å². The van der Waals surface area contributed by atoms with Crippen molar-refractivity contribution in [1.29, 1.82) is 0 Å². The van der Waals surface area contributed by atoms with Gasteiger partial charge in [0, 0.05) is 6.42 Å². The van der Waals surface area contributed by atoms with Crippen molar-refractivity contribution < 1.29 is 24.5 Å². The Morgan fingerprint density at radius 3 is 2.66 bits per heavy atom. The summed E-state index contributed by atoms with van der Waals surface area (Å²) in [4.78, 5) is 26.3. The highest BCUT2D eigenvalue weighted by atomic mass is 32.2. The first kappa shape index (κ1) is 23.1. The van der Waals surface area contributed by atoms with Gasteiger partial charge in [-0.05, 0) is 54.4 Å². The van der Waals surface area contributed by atoms with Gasteiger partial charge in [0.1, 0.15) is 11.0 Å². The number of hydrogen-bond donors (Lipinski definition) is 3. The summed E-state index contributed by atoms with van der Waals surface area (Å²) in [6, 6.07) is 11.0. The number of anilines is 1. The van der Waals surface area contributed by atoms with Gasteiger partial charge >= 0.3 is 0 Å². The molecule has 1 heterocycles. The summed E-state index contributed by atoms with van der Waals surface area (Å²) in [5, 5.41) is 25.8. The molecular weight excluding hydrogens is 432 g/mol. The van der Waals surface area contributed by atoms with Gasteiger partial charge in [-0.15, -0.1) is 5.10 Å². The SMILES string of the molecule is CCCCOc1ccc(N2C(=O)CC(SC(N)=NN=Cc3ccc(O)c(O)c3)C2=O)cc1. The van der Waals surface area contributed by atoms with Crippen molar-refractivity contribution in [3.8, 4) is 17.2 Å². The van der Waals surface area contributed by atoms with Gasteiger partial charge in [0.05, 0.1) is 18.5 Å². The topological polar surface area (TPSA) is 138 Å². The molecule has 0 spiro atoms. The second-order valence-electron chi connectivity index (χ2n) is 7.00. The molecule has 0 saturated carbocycles. The van der Waals surface area contributed by atoms with Crippen LogP contribution in [0, 0.1) is 0 Å². The molecule has 1 aliphatic rings. The Bertz CT molecular complexity index is 1040. The smallest absolute Gasteiger partial charge is 0.247 e. The predicted molar refractivity (Wildman–Crippen MR) is 124 cm³/mol. The van der Waals surface area contributed by atoms with Crippen LogP contribution in [-0.2, 0) is 9.59 Å². The minimum atomic E-state index is -0.695. The molecule has 1 unspecified atom stereocenters. The van der Waals surface area contributed by atoms with Crippen LogP contribution in [0.3, 0.4) is 0 Å². The van der Waals surface area contributed by atoms with E-state index in [1.807, 2.05) is 0 Å². The Morgan fingerprint density at radius 1 is 1.22 bits per heavy atom. The predicted octanol–water partition coefficient (Wildman–Crippen LogP) is 2.99. The Hall–Kier alpha value is -3.53. The Kier molecular flexibility index (Phi) is 7.72. The van der Waals surface area contributed by atoms with Crippen LogP contribution in [0.2, 0.25) is 0 Å². The number of thioether (sulfide) groups is 1. The molecule has 10 heteroatoms. The minimum absolute atomic E-state index is 0.00399. The molecule has 3 rings (SSSR count). The molecule has 1 fully saturated rings. The molecule has 1 atom stereocenters. The first-order chi connectivity index (χ1) is 15.4. The fourth-order valence-electron chi connectivity index (χ4n) is 2.94. The van der Waals surface area contributed by atoms with Crippen molar-refractivity contribution in [3.63, 3.8) is 0 Å². The molecule has 2 amide bonds. The van der Waals surface area contributed by atoms with E-state index in [1.54, 1.807) is 24.3 Å². The van der Waals surface area contributed by atoms with Crippen molar-refractivity contribution in [2.75, 3.05) is 11.5 Å². The Balaban J connectivity index is 1.60. The van der Waals surface area contributed by atoms with Crippen LogP contribution in [0.1, 0.15) is 31.7 Å². The maximum atomic E-state index is 12.8. The number of ether oxygens (including phenoxy) is 1. The highest BCUT2D eigenvalue weighted by molar-refractivity contribution is 8.14. The number of imide groups is 1. The number of nitrogens with zero attached hydrogens (tertiary/aromatic N) is 3. The lowest BCUT2D eigenvalue weighted by Gasteiger charge is -2.15. The van der Waals surface area contributed by atoms with E-state index in [-0.39, 0.29) is 34.9 Å². The molecule has 0 aliphatic carbocycles. The average Bonchev–Trinajstić information content (AvgIpc) is 3.04. The third-order valence-corrected chi connectivity index (χ3v) is 5.57. The van der Waals surface area contributed by atoms with Crippen molar-refractivity contribution in [1.82, 2.24) is 0 Å². The van der Waals surface area contributed by atoms with Crippen LogP contribution >= 0.6 is 11.8 Å². The zero-order valence-corrected chi connectivity index (χ0v) is 18.3. The third kappa shape index (κ3) is 5.79. The molecule has 1 aliphatic heterocycles. The van der Waals surface area contributed by atoms with Crippen molar-refractivity contribution in [2.45, 2.75) is 31.4 Å². The summed E-state index contributed by atoms with van der Waals surface area (Å²) < 4.78 is 5.61. The first-order valence-electron chi connectivity index (χ1n) is 10.0. The normalized spacial score (nSPS) is 16.8. The Labute approximate surface area is 189 Å². The van der Waals surface area contributed by atoms with E-state index in [4.69, 9.17) is 10.5 Å². The summed E-state index contributed by atoms with van der Waals surface area (Å²) in [5.41, 5.74) is 6.83. The second kappa shape index (κ2) is 10.7. The molecule has 9 nitrogen and oxygen atoms in total. The van der Waals surface area contributed by atoms with Crippen molar-refractivity contribution in [3.05, 3.63) is 48.0 Å². The highest BCUT2D eigenvalue weighted by Gasteiger charge is 2.40. The van der Waals surface area contributed by atoms with Crippen molar-refractivity contribution in [2.24, 2.45) is 15.9 Å². The van der Waals surface area contributed by atoms with E-state index in [1.165, 1.54) is 24.4 Å². The number of amidine groups is 1. The maximum Gasteiger partial charge on any atom is 0.247 e. The van der Waals surface area contributed by atoms with Gasteiger partial charge in [-0.3, -0.25) is 9.59 Å². The lowest BCUT2D eigenvalue weighted by atomic mass is 10.2. The molecular formula is C22H24N4O5S. The van der Waals surface area contributed by atoms with Gasteiger partial charge in [0.15, 0.2) is 16.7 Å². The largest absolute Gasteiger partial charge is 0.504 e. The zero-order valence-electron chi connectivity index (χ0n) is 17.5. The fourth-order valence-corrected chi connectivity index (χ4v) is 3.75. The maximum absolute atomic E-state index is 12.8. The van der Waals surface area contributed by atoms with E-state index in [0.29, 0.717) is 23.6 Å². The van der Waals surface area contributed by atoms with Crippen LogP contribution in [-0.4, -0.2) is 45.3 Å².